The predicted octanol–water partition coefficient (Wildman–Crippen LogP) is 2.24. The zero-order chi connectivity index (χ0) is 10.1. The fourth-order valence-electron chi connectivity index (χ4n) is 1.71. The summed E-state index contributed by atoms with van der Waals surface area (Å²) in [5, 5.41) is 0. The molecule has 1 saturated carbocycles. The topological polar surface area (TPSA) is 35.2 Å². The highest BCUT2D eigenvalue weighted by atomic mass is 19.1. The lowest BCUT2D eigenvalue weighted by Gasteiger charge is -2.15. The number of halogens is 1. The van der Waals surface area contributed by atoms with E-state index < -0.39 is 0 Å². The molecule has 1 unspecified atom stereocenters. The highest BCUT2D eigenvalue weighted by Gasteiger charge is 2.31. The van der Waals surface area contributed by atoms with E-state index in [1.54, 1.807) is 6.07 Å². The normalized spacial score (nSPS) is 17.9. The molecule has 0 bridgehead atoms. The van der Waals surface area contributed by atoms with Crippen LogP contribution >= 0.6 is 0 Å². The maximum Gasteiger partial charge on any atom is 0.165 e. The van der Waals surface area contributed by atoms with Crippen LogP contribution in [0.1, 0.15) is 24.4 Å². The van der Waals surface area contributed by atoms with Gasteiger partial charge in [0.1, 0.15) is 0 Å². The van der Waals surface area contributed by atoms with Crippen LogP contribution < -0.4 is 10.5 Å². The Labute approximate surface area is 82.9 Å². The largest absolute Gasteiger partial charge is 0.493 e. The summed E-state index contributed by atoms with van der Waals surface area (Å²) < 4.78 is 18.3. The van der Waals surface area contributed by atoms with Crippen LogP contribution in [-0.2, 0) is 0 Å². The molecule has 14 heavy (non-hydrogen) atoms. The first-order chi connectivity index (χ1) is 6.74. The molecule has 1 aromatic rings. The maximum atomic E-state index is 13.3. The number of rotatable bonds is 3. The minimum Gasteiger partial charge on any atom is -0.493 e. The van der Waals surface area contributed by atoms with Crippen molar-refractivity contribution in [3.8, 4) is 5.75 Å². The Kier molecular flexibility index (Phi) is 2.42. The fraction of sp³-hybridized carbons (Fsp3) is 0.455. The fourth-order valence-corrected chi connectivity index (χ4v) is 1.71. The minimum atomic E-state index is -0.332. The number of hydrogen-bond donors (Lipinski definition) is 1. The van der Waals surface area contributed by atoms with Gasteiger partial charge in [0.25, 0.3) is 0 Å². The van der Waals surface area contributed by atoms with Gasteiger partial charge in [-0.1, -0.05) is 12.1 Å². The van der Waals surface area contributed by atoms with Gasteiger partial charge in [0.2, 0.25) is 0 Å². The van der Waals surface area contributed by atoms with Crippen molar-refractivity contribution in [3.05, 3.63) is 29.6 Å². The van der Waals surface area contributed by atoms with Crippen LogP contribution in [0.3, 0.4) is 0 Å². The van der Waals surface area contributed by atoms with Gasteiger partial charge in [-0.3, -0.25) is 0 Å². The van der Waals surface area contributed by atoms with Gasteiger partial charge in [0, 0.05) is 11.6 Å². The SMILES string of the molecule is COc1c(F)cccc1C(N)C1CC1. The second kappa shape index (κ2) is 3.58. The van der Waals surface area contributed by atoms with E-state index in [9.17, 15) is 4.39 Å². The van der Waals surface area contributed by atoms with Crippen LogP contribution in [0, 0.1) is 11.7 Å². The molecule has 2 nitrogen and oxygen atoms in total. The van der Waals surface area contributed by atoms with Gasteiger partial charge in [0.15, 0.2) is 11.6 Å². The first-order valence-electron chi connectivity index (χ1n) is 4.82. The average molecular weight is 195 g/mol. The third-order valence-electron chi connectivity index (χ3n) is 2.69. The molecular formula is C11H14FNO. The summed E-state index contributed by atoms with van der Waals surface area (Å²) in [4.78, 5) is 0. The molecule has 2 N–H and O–H groups in total. The van der Waals surface area contributed by atoms with Gasteiger partial charge < -0.3 is 10.5 Å². The number of methoxy groups -OCH3 is 1. The van der Waals surface area contributed by atoms with E-state index in [1.807, 2.05) is 6.07 Å². The zero-order valence-electron chi connectivity index (χ0n) is 8.16. The number of ether oxygens (including phenoxy) is 1. The number of para-hydroxylation sites is 1. The first kappa shape index (κ1) is 9.46. The van der Waals surface area contributed by atoms with E-state index in [0.29, 0.717) is 11.7 Å². The van der Waals surface area contributed by atoms with Crippen molar-refractivity contribution < 1.29 is 9.13 Å². The smallest absolute Gasteiger partial charge is 0.165 e. The predicted molar refractivity (Wildman–Crippen MR) is 52.6 cm³/mol. The Balaban J connectivity index is 2.35. The lowest BCUT2D eigenvalue weighted by Crippen LogP contribution is -2.14. The first-order valence-corrected chi connectivity index (χ1v) is 4.82. The Hall–Kier alpha value is -1.09. The van der Waals surface area contributed by atoms with Crippen LogP contribution in [-0.4, -0.2) is 7.11 Å². The van der Waals surface area contributed by atoms with Crippen molar-refractivity contribution >= 4 is 0 Å². The van der Waals surface area contributed by atoms with Crippen LogP contribution in [0.15, 0.2) is 18.2 Å². The lowest BCUT2D eigenvalue weighted by atomic mass is 10.0. The van der Waals surface area contributed by atoms with E-state index in [1.165, 1.54) is 13.2 Å². The van der Waals surface area contributed by atoms with E-state index in [0.717, 1.165) is 18.4 Å². The molecule has 0 aromatic heterocycles. The summed E-state index contributed by atoms with van der Waals surface area (Å²) in [6.07, 6.45) is 2.28. The summed E-state index contributed by atoms with van der Waals surface area (Å²) in [6, 6.07) is 4.82. The Morgan fingerprint density at radius 2 is 2.21 bits per heavy atom. The Morgan fingerprint density at radius 3 is 2.79 bits per heavy atom. The van der Waals surface area contributed by atoms with Crippen molar-refractivity contribution in [3.63, 3.8) is 0 Å². The van der Waals surface area contributed by atoms with E-state index in [2.05, 4.69) is 0 Å². The molecule has 0 radical (unpaired) electrons. The van der Waals surface area contributed by atoms with E-state index in [-0.39, 0.29) is 11.9 Å². The highest BCUT2D eigenvalue weighted by molar-refractivity contribution is 5.38. The highest BCUT2D eigenvalue weighted by Crippen LogP contribution is 2.42. The molecule has 0 saturated heterocycles. The third-order valence-corrected chi connectivity index (χ3v) is 2.69. The monoisotopic (exact) mass is 195 g/mol. The van der Waals surface area contributed by atoms with Crippen molar-refractivity contribution in [2.24, 2.45) is 11.7 Å². The molecular weight excluding hydrogens is 181 g/mol. The summed E-state index contributed by atoms with van der Waals surface area (Å²) in [5.74, 6) is 0.471. The van der Waals surface area contributed by atoms with Crippen LogP contribution in [0.4, 0.5) is 4.39 Å². The van der Waals surface area contributed by atoms with Crippen molar-refractivity contribution in [1.82, 2.24) is 0 Å². The summed E-state index contributed by atoms with van der Waals surface area (Å²) in [5.41, 5.74) is 6.79. The second-order valence-corrected chi connectivity index (χ2v) is 3.73. The van der Waals surface area contributed by atoms with Crippen molar-refractivity contribution in [2.75, 3.05) is 7.11 Å². The van der Waals surface area contributed by atoms with Crippen LogP contribution in [0.5, 0.6) is 5.75 Å². The molecule has 0 amide bonds. The Morgan fingerprint density at radius 1 is 1.50 bits per heavy atom. The maximum absolute atomic E-state index is 13.3. The summed E-state index contributed by atoms with van der Waals surface area (Å²) >= 11 is 0. The standard InChI is InChI=1S/C11H14FNO/c1-14-11-8(3-2-4-9(11)12)10(13)7-5-6-7/h2-4,7,10H,5-6,13H2,1H3. The summed E-state index contributed by atoms with van der Waals surface area (Å²) in [7, 11) is 1.47. The minimum absolute atomic E-state index is 0.0827. The van der Waals surface area contributed by atoms with Crippen molar-refractivity contribution in [1.29, 1.82) is 0 Å². The molecule has 1 aliphatic carbocycles. The molecule has 1 fully saturated rings. The number of benzene rings is 1. The molecule has 1 aromatic carbocycles. The Bertz CT molecular complexity index is 336. The van der Waals surface area contributed by atoms with Gasteiger partial charge in [-0.25, -0.2) is 4.39 Å². The molecule has 2 rings (SSSR count). The molecule has 0 spiro atoms. The second-order valence-electron chi connectivity index (χ2n) is 3.73. The van der Waals surface area contributed by atoms with Gasteiger partial charge >= 0.3 is 0 Å². The van der Waals surface area contributed by atoms with Gasteiger partial charge in [0.05, 0.1) is 7.11 Å². The van der Waals surface area contributed by atoms with Gasteiger partial charge in [-0.15, -0.1) is 0 Å². The summed E-state index contributed by atoms with van der Waals surface area (Å²) in [6.45, 7) is 0. The van der Waals surface area contributed by atoms with Gasteiger partial charge in [-0.05, 0) is 24.8 Å². The average Bonchev–Trinajstić information content (AvgIpc) is 2.99. The van der Waals surface area contributed by atoms with Crippen LogP contribution in [0.25, 0.3) is 0 Å². The molecule has 3 heteroatoms. The zero-order valence-corrected chi connectivity index (χ0v) is 8.16. The molecule has 76 valence electrons. The van der Waals surface area contributed by atoms with E-state index >= 15 is 0 Å². The molecule has 1 atom stereocenters. The molecule has 1 aliphatic rings. The van der Waals surface area contributed by atoms with E-state index in [4.69, 9.17) is 10.5 Å². The number of nitrogens with two attached hydrogens (primary N) is 1. The lowest BCUT2D eigenvalue weighted by molar-refractivity contribution is 0.375. The molecule has 0 heterocycles. The molecule has 0 aliphatic heterocycles. The third kappa shape index (κ3) is 1.60. The van der Waals surface area contributed by atoms with Crippen LogP contribution in [0.2, 0.25) is 0 Å². The number of hydrogen-bond acceptors (Lipinski definition) is 2. The van der Waals surface area contributed by atoms with Crippen molar-refractivity contribution in [2.45, 2.75) is 18.9 Å². The quantitative estimate of drug-likeness (QED) is 0.802. The van der Waals surface area contributed by atoms with Gasteiger partial charge in [-0.2, -0.15) is 0 Å².